The van der Waals surface area contributed by atoms with E-state index >= 15 is 0 Å². The maximum atomic E-state index is 5.68. The van der Waals surface area contributed by atoms with Gasteiger partial charge in [0.15, 0.2) is 0 Å². The van der Waals surface area contributed by atoms with Crippen molar-refractivity contribution in [2.75, 3.05) is 18.1 Å². The van der Waals surface area contributed by atoms with E-state index in [1.54, 1.807) is 0 Å². The molecule has 0 aliphatic rings. The van der Waals surface area contributed by atoms with E-state index in [0.29, 0.717) is 5.88 Å². The Hall–Kier alpha value is -0.340. The lowest BCUT2D eigenvalue weighted by atomic mass is 10.2. The number of hydrogen-bond acceptors (Lipinski definition) is 2. The van der Waals surface area contributed by atoms with Crippen LogP contribution >= 0.6 is 23.4 Å². The van der Waals surface area contributed by atoms with Crippen molar-refractivity contribution in [3.63, 3.8) is 0 Å². The highest BCUT2D eigenvalue weighted by Crippen LogP contribution is 2.13. The first-order valence-electron chi connectivity index (χ1n) is 4.72. The lowest BCUT2D eigenvalue weighted by Crippen LogP contribution is -2.00. The van der Waals surface area contributed by atoms with Crippen LogP contribution in [0, 0.1) is 0 Å². The van der Waals surface area contributed by atoms with Crippen LogP contribution in [0.15, 0.2) is 24.3 Å². The van der Waals surface area contributed by atoms with Crippen LogP contribution in [0.1, 0.15) is 12.5 Å². The molecule has 0 fully saturated rings. The van der Waals surface area contributed by atoms with E-state index in [1.165, 1.54) is 0 Å². The lowest BCUT2D eigenvalue weighted by Gasteiger charge is -2.05. The molecule has 1 nitrogen and oxygen atoms in total. The Morgan fingerprint density at radius 3 is 2.57 bits per heavy atom. The average Bonchev–Trinajstić information content (AvgIpc) is 2.25. The van der Waals surface area contributed by atoms with Gasteiger partial charge in [0.2, 0.25) is 0 Å². The lowest BCUT2D eigenvalue weighted by molar-refractivity contribution is 0.344. The number of benzene rings is 1. The van der Waals surface area contributed by atoms with Gasteiger partial charge in [-0.2, -0.15) is 11.8 Å². The van der Waals surface area contributed by atoms with E-state index in [4.69, 9.17) is 16.3 Å². The number of rotatable bonds is 6. The molecule has 0 bridgehead atoms. The van der Waals surface area contributed by atoms with Gasteiger partial charge in [0.1, 0.15) is 5.75 Å². The summed E-state index contributed by atoms with van der Waals surface area (Å²) in [6.07, 6.45) is 0. The molecule has 0 aromatic heterocycles. The normalized spacial score (nSPS) is 10.1. The van der Waals surface area contributed by atoms with E-state index in [1.807, 2.05) is 36.0 Å². The van der Waals surface area contributed by atoms with Crippen LogP contribution in [0.2, 0.25) is 0 Å². The highest BCUT2D eigenvalue weighted by Gasteiger charge is 1.94. The zero-order chi connectivity index (χ0) is 10.2. The summed E-state index contributed by atoms with van der Waals surface area (Å²) in [5.74, 6) is 3.68. The molecule has 0 aliphatic carbocycles. The van der Waals surface area contributed by atoms with Crippen molar-refractivity contribution >= 4 is 23.4 Å². The molecule has 0 aliphatic heterocycles. The Morgan fingerprint density at radius 2 is 2.00 bits per heavy atom. The zero-order valence-electron chi connectivity index (χ0n) is 8.33. The molecule has 0 atom stereocenters. The Balaban J connectivity index is 2.29. The summed E-state index contributed by atoms with van der Waals surface area (Å²) in [7, 11) is 0. The second-order valence-corrected chi connectivity index (χ2v) is 4.48. The molecule has 0 amide bonds. The van der Waals surface area contributed by atoms with E-state index in [9.17, 15) is 0 Å². The third-order valence-corrected chi connectivity index (χ3v) is 2.95. The van der Waals surface area contributed by atoms with E-state index in [-0.39, 0.29) is 0 Å². The summed E-state index contributed by atoms with van der Waals surface area (Å²) in [4.78, 5) is 0. The SMILES string of the molecule is CCSCCOc1ccc(CCl)cc1. The third kappa shape index (κ3) is 4.25. The number of alkyl halides is 1. The smallest absolute Gasteiger partial charge is 0.119 e. The van der Waals surface area contributed by atoms with Crippen molar-refractivity contribution in [3.05, 3.63) is 29.8 Å². The van der Waals surface area contributed by atoms with Gasteiger partial charge in [-0.3, -0.25) is 0 Å². The van der Waals surface area contributed by atoms with Gasteiger partial charge in [-0.1, -0.05) is 19.1 Å². The minimum absolute atomic E-state index is 0.561. The Labute approximate surface area is 94.8 Å². The first-order valence-corrected chi connectivity index (χ1v) is 6.41. The summed E-state index contributed by atoms with van der Waals surface area (Å²) in [5.41, 5.74) is 1.13. The predicted molar refractivity (Wildman–Crippen MR) is 64.5 cm³/mol. The molecule has 0 heterocycles. The standard InChI is InChI=1S/C11H15ClOS/c1-2-14-8-7-13-11-5-3-10(9-12)4-6-11/h3-6H,2,7-9H2,1H3. The molecular weight excluding hydrogens is 216 g/mol. The van der Waals surface area contributed by atoms with Gasteiger partial charge in [-0.05, 0) is 23.4 Å². The molecule has 14 heavy (non-hydrogen) atoms. The van der Waals surface area contributed by atoms with Gasteiger partial charge in [0, 0.05) is 11.6 Å². The van der Waals surface area contributed by atoms with Crippen LogP contribution < -0.4 is 4.74 Å². The van der Waals surface area contributed by atoms with Crippen LogP contribution in [0.5, 0.6) is 5.75 Å². The van der Waals surface area contributed by atoms with Crippen molar-refractivity contribution in [1.82, 2.24) is 0 Å². The Bertz CT molecular complexity index is 248. The molecule has 1 aromatic carbocycles. The molecule has 0 N–H and O–H groups in total. The van der Waals surface area contributed by atoms with Crippen molar-refractivity contribution in [2.24, 2.45) is 0 Å². The van der Waals surface area contributed by atoms with Crippen molar-refractivity contribution in [3.8, 4) is 5.75 Å². The predicted octanol–water partition coefficient (Wildman–Crippen LogP) is 3.56. The maximum absolute atomic E-state index is 5.68. The fourth-order valence-electron chi connectivity index (χ4n) is 1.04. The molecule has 78 valence electrons. The summed E-state index contributed by atoms with van der Waals surface area (Å²) >= 11 is 7.57. The number of hydrogen-bond donors (Lipinski definition) is 0. The minimum atomic E-state index is 0.561. The first-order chi connectivity index (χ1) is 6.86. The van der Waals surface area contributed by atoms with Gasteiger partial charge < -0.3 is 4.74 Å². The molecule has 1 aromatic rings. The van der Waals surface area contributed by atoms with Gasteiger partial charge in [0.05, 0.1) is 6.61 Å². The Morgan fingerprint density at radius 1 is 1.29 bits per heavy atom. The van der Waals surface area contributed by atoms with Crippen molar-refractivity contribution in [1.29, 1.82) is 0 Å². The van der Waals surface area contributed by atoms with E-state index < -0.39 is 0 Å². The summed E-state index contributed by atoms with van der Waals surface area (Å²) in [6, 6.07) is 7.92. The maximum Gasteiger partial charge on any atom is 0.119 e. The minimum Gasteiger partial charge on any atom is -0.493 e. The fraction of sp³-hybridized carbons (Fsp3) is 0.455. The van der Waals surface area contributed by atoms with Gasteiger partial charge in [-0.15, -0.1) is 11.6 Å². The summed E-state index contributed by atoms with van der Waals surface area (Å²) < 4.78 is 5.54. The molecule has 0 unspecified atom stereocenters. The molecule has 3 heteroatoms. The molecule has 0 spiro atoms. The van der Waals surface area contributed by atoms with Crippen LogP contribution in [-0.4, -0.2) is 18.1 Å². The monoisotopic (exact) mass is 230 g/mol. The third-order valence-electron chi connectivity index (χ3n) is 1.78. The van der Waals surface area contributed by atoms with Crippen LogP contribution in [-0.2, 0) is 5.88 Å². The topological polar surface area (TPSA) is 9.23 Å². The Kier molecular flexibility index (Phi) is 5.88. The molecule has 1 rings (SSSR count). The average molecular weight is 231 g/mol. The van der Waals surface area contributed by atoms with Crippen LogP contribution in [0.3, 0.4) is 0 Å². The van der Waals surface area contributed by atoms with Gasteiger partial charge >= 0.3 is 0 Å². The molecule has 0 radical (unpaired) electrons. The van der Waals surface area contributed by atoms with Crippen molar-refractivity contribution < 1.29 is 4.74 Å². The summed E-state index contributed by atoms with van der Waals surface area (Å²) in [5, 5.41) is 0. The van der Waals surface area contributed by atoms with Crippen LogP contribution in [0.25, 0.3) is 0 Å². The second kappa shape index (κ2) is 7.02. The number of thioether (sulfide) groups is 1. The largest absolute Gasteiger partial charge is 0.493 e. The van der Waals surface area contributed by atoms with E-state index in [0.717, 1.165) is 29.4 Å². The van der Waals surface area contributed by atoms with Gasteiger partial charge in [0.25, 0.3) is 0 Å². The zero-order valence-corrected chi connectivity index (χ0v) is 9.90. The highest BCUT2D eigenvalue weighted by atomic mass is 35.5. The number of ether oxygens (including phenoxy) is 1. The number of halogens is 1. The van der Waals surface area contributed by atoms with E-state index in [2.05, 4.69) is 6.92 Å². The summed E-state index contributed by atoms with van der Waals surface area (Å²) in [6.45, 7) is 2.93. The fourth-order valence-corrected chi connectivity index (χ4v) is 1.71. The molecule has 0 saturated carbocycles. The second-order valence-electron chi connectivity index (χ2n) is 2.82. The first kappa shape index (κ1) is 11.7. The van der Waals surface area contributed by atoms with Crippen LogP contribution in [0.4, 0.5) is 0 Å². The van der Waals surface area contributed by atoms with Crippen molar-refractivity contribution in [2.45, 2.75) is 12.8 Å². The highest BCUT2D eigenvalue weighted by molar-refractivity contribution is 7.99. The molecule has 0 saturated heterocycles. The molecular formula is C11H15ClOS. The quantitative estimate of drug-likeness (QED) is 0.546. The van der Waals surface area contributed by atoms with Gasteiger partial charge in [-0.25, -0.2) is 0 Å².